The van der Waals surface area contributed by atoms with E-state index in [1.165, 1.54) is 30.0 Å². The Morgan fingerprint density at radius 1 is 1.31 bits per heavy atom. The minimum Gasteiger partial charge on any atom is -0.454 e. The largest absolute Gasteiger partial charge is 0.454 e. The van der Waals surface area contributed by atoms with E-state index in [0.717, 1.165) is 31.7 Å². The average Bonchev–Trinajstić information content (AvgIpc) is 3.22. The number of non-ortho nitro benzene ring substituents is 1. The number of nitro groups is 1. The monoisotopic (exact) mass is 423 g/mol. The van der Waals surface area contributed by atoms with Crippen LogP contribution in [-0.4, -0.2) is 53.4 Å². The second-order valence-corrected chi connectivity index (χ2v) is 7.76. The van der Waals surface area contributed by atoms with Crippen molar-refractivity contribution in [2.45, 2.75) is 44.2 Å². The topological polar surface area (TPSA) is 128 Å². The van der Waals surface area contributed by atoms with Gasteiger partial charge in [-0.3, -0.25) is 19.7 Å². The van der Waals surface area contributed by atoms with Crippen LogP contribution in [0.25, 0.3) is 0 Å². The van der Waals surface area contributed by atoms with Gasteiger partial charge in [0, 0.05) is 23.7 Å². The molecule has 1 aromatic carbocycles. The zero-order chi connectivity index (χ0) is 21.2. The van der Waals surface area contributed by atoms with Gasteiger partial charge in [-0.05, 0) is 37.3 Å². The van der Waals surface area contributed by atoms with Gasteiger partial charge in [-0.2, -0.15) is 11.8 Å². The van der Waals surface area contributed by atoms with Crippen molar-refractivity contribution in [1.82, 2.24) is 10.6 Å². The first-order chi connectivity index (χ1) is 13.9. The number of nitro benzene ring substituents is 1. The lowest BCUT2D eigenvalue weighted by Gasteiger charge is -2.18. The van der Waals surface area contributed by atoms with Gasteiger partial charge in [-0.15, -0.1) is 0 Å². The number of carbonyl (C=O) groups is 3. The fraction of sp³-hybridized carbons (Fsp3) is 0.526. The number of esters is 1. The summed E-state index contributed by atoms with van der Waals surface area (Å²) < 4.78 is 5.09. The highest BCUT2D eigenvalue weighted by Gasteiger charge is 2.25. The van der Waals surface area contributed by atoms with Crippen LogP contribution < -0.4 is 10.6 Å². The molecule has 9 nitrogen and oxygen atoms in total. The molecule has 0 bridgehead atoms. The molecular weight excluding hydrogens is 398 g/mol. The summed E-state index contributed by atoms with van der Waals surface area (Å²) in [5.41, 5.74) is -0.149. The maximum atomic E-state index is 12.4. The van der Waals surface area contributed by atoms with Gasteiger partial charge in [0.15, 0.2) is 6.61 Å². The van der Waals surface area contributed by atoms with Crippen LogP contribution in [0.5, 0.6) is 0 Å². The molecule has 2 amide bonds. The fourth-order valence-corrected chi connectivity index (χ4v) is 3.54. The predicted octanol–water partition coefficient (Wildman–Crippen LogP) is 2.05. The summed E-state index contributed by atoms with van der Waals surface area (Å²) in [6.07, 6.45) is 6.17. The number of amides is 2. The normalized spacial score (nSPS) is 14.8. The lowest BCUT2D eigenvalue weighted by Crippen LogP contribution is -2.44. The molecule has 10 heteroatoms. The maximum Gasteiger partial charge on any atom is 0.329 e. The van der Waals surface area contributed by atoms with Gasteiger partial charge >= 0.3 is 5.97 Å². The van der Waals surface area contributed by atoms with Crippen molar-refractivity contribution >= 4 is 35.2 Å². The molecule has 2 rings (SSSR count). The number of thioether (sulfide) groups is 1. The third-order valence-corrected chi connectivity index (χ3v) is 5.23. The van der Waals surface area contributed by atoms with Crippen LogP contribution in [0.4, 0.5) is 5.69 Å². The second-order valence-electron chi connectivity index (χ2n) is 6.77. The van der Waals surface area contributed by atoms with Gasteiger partial charge in [0.1, 0.15) is 6.04 Å². The Morgan fingerprint density at radius 3 is 2.69 bits per heavy atom. The Morgan fingerprint density at radius 2 is 2.03 bits per heavy atom. The van der Waals surface area contributed by atoms with Crippen LogP contribution in [0.15, 0.2) is 24.3 Å². The SMILES string of the molecule is CSCC[C@H](NC(=O)c1cccc([N+](=O)[O-])c1)C(=O)OCC(=O)NC1CCCC1. The van der Waals surface area contributed by atoms with E-state index >= 15 is 0 Å². The van der Waals surface area contributed by atoms with Crippen LogP contribution in [0.3, 0.4) is 0 Å². The summed E-state index contributed by atoms with van der Waals surface area (Å²) in [6.45, 7) is -0.405. The van der Waals surface area contributed by atoms with Crippen LogP contribution >= 0.6 is 11.8 Å². The molecule has 1 saturated carbocycles. The van der Waals surface area contributed by atoms with Crippen LogP contribution in [0.1, 0.15) is 42.5 Å². The lowest BCUT2D eigenvalue weighted by atomic mass is 10.1. The molecule has 0 heterocycles. The zero-order valence-corrected chi connectivity index (χ0v) is 17.0. The first-order valence-electron chi connectivity index (χ1n) is 9.41. The van der Waals surface area contributed by atoms with Crippen molar-refractivity contribution in [2.24, 2.45) is 0 Å². The Bertz CT molecular complexity index is 751. The van der Waals surface area contributed by atoms with E-state index in [1.807, 2.05) is 6.26 Å². The number of ether oxygens (including phenoxy) is 1. The zero-order valence-electron chi connectivity index (χ0n) is 16.2. The highest BCUT2D eigenvalue weighted by Crippen LogP contribution is 2.17. The van der Waals surface area contributed by atoms with E-state index in [2.05, 4.69) is 10.6 Å². The average molecular weight is 423 g/mol. The van der Waals surface area contributed by atoms with Gasteiger partial charge in [0.25, 0.3) is 17.5 Å². The summed E-state index contributed by atoms with van der Waals surface area (Å²) in [6, 6.07) is 4.42. The maximum absolute atomic E-state index is 12.4. The molecule has 1 aliphatic carbocycles. The highest BCUT2D eigenvalue weighted by atomic mass is 32.2. The number of nitrogens with zero attached hydrogens (tertiary/aromatic N) is 1. The van der Waals surface area contributed by atoms with E-state index in [1.54, 1.807) is 0 Å². The summed E-state index contributed by atoms with van der Waals surface area (Å²) in [5, 5.41) is 16.3. The molecule has 1 fully saturated rings. The molecule has 0 radical (unpaired) electrons. The van der Waals surface area contributed by atoms with Crippen molar-refractivity contribution in [3.05, 3.63) is 39.9 Å². The quantitative estimate of drug-likeness (QED) is 0.335. The first-order valence-corrected chi connectivity index (χ1v) is 10.8. The number of hydrogen-bond donors (Lipinski definition) is 2. The second kappa shape index (κ2) is 11.4. The lowest BCUT2D eigenvalue weighted by molar-refractivity contribution is -0.384. The van der Waals surface area contributed by atoms with Crippen molar-refractivity contribution in [3.8, 4) is 0 Å². The minimum absolute atomic E-state index is 0.0696. The molecule has 1 aromatic rings. The molecule has 0 saturated heterocycles. The standard InChI is InChI=1S/C19H25N3O6S/c1-29-10-9-16(19(25)28-12-17(23)20-14-6-2-3-7-14)21-18(24)13-5-4-8-15(11-13)22(26)27/h4-5,8,11,14,16H,2-3,6-7,9-10,12H2,1H3,(H,20,23)(H,21,24)/t16-/m0/s1. The molecule has 0 unspecified atom stereocenters. The third-order valence-electron chi connectivity index (χ3n) is 4.59. The van der Waals surface area contributed by atoms with E-state index in [4.69, 9.17) is 4.74 Å². The van der Waals surface area contributed by atoms with Crippen molar-refractivity contribution in [2.75, 3.05) is 18.6 Å². The molecule has 0 aromatic heterocycles. The summed E-state index contributed by atoms with van der Waals surface area (Å²) in [7, 11) is 0. The molecule has 1 aliphatic rings. The summed E-state index contributed by atoms with van der Waals surface area (Å²) in [4.78, 5) is 47.1. The number of benzene rings is 1. The van der Waals surface area contributed by atoms with Gasteiger partial charge in [-0.1, -0.05) is 18.9 Å². The Hall–Kier alpha value is -2.62. The summed E-state index contributed by atoms with van der Waals surface area (Å²) >= 11 is 1.49. The third kappa shape index (κ3) is 7.37. The van der Waals surface area contributed by atoms with E-state index in [0.29, 0.717) is 12.2 Å². The Kier molecular flexibility index (Phi) is 8.91. The molecular formula is C19H25N3O6S. The fourth-order valence-electron chi connectivity index (χ4n) is 3.06. The Balaban J connectivity index is 1.93. The van der Waals surface area contributed by atoms with Crippen LogP contribution in [0, 0.1) is 10.1 Å². The molecule has 158 valence electrons. The van der Waals surface area contributed by atoms with E-state index < -0.39 is 29.4 Å². The number of nitrogens with one attached hydrogen (secondary N) is 2. The minimum atomic E-state index is -0.950. The van der Waals surface area contributed by atoms with Gasteiger partial charge in [0.2, 0.25) is 0 Å². The first kappa shape index (κ1) is 22.7. The molecule has 0 spiro atoms. The van der Waals surface area contributed by atoms with Crippen molar-refractivity contribution < 1.29 is 24.0 Å². The molecule has 1 atom stereocenters. The van der Waals surface area contributed by atoms with Gasteiger partial charge < -0.3 is 15.4 Å². The smallest absolute Gasteiger partial charge is 0.329 e. The van der Waals surface area contributed by atoms with Crippen molar-refractivity contribution in [1.29, 1.82) is 0 Å². The predicted molar refractivity (Wildman–Crippen MR) is 109 cm³/mol. The number of carbonyl (C=O) groups excluding carboxylic acids is 3. The van der Waals surface area contributed by atoms with Gasteiger partial charge in [-0.25, -0.2) is 4.79 Å². The van der Waals surface area contributed by atoms with E-state index in [-0.39, 0.29) is 23.2 Å². The van der Waals surface area contributed by atoms with Crippen LogP contribution in [-0.2, 0) is 14.3 Å². The Labute approximate surface area is 173 Å². The summed E-state index contributed by atoms with van der Waals surface area (Å²) in [5.74, 6) is -1.10. The van der Waals surface area contributed by atoms with Crippen molar-refractivity contribution in [3.63, 3.8) is 0 Å². The number of hydrogen-bond acceptors (Lipinski definition) is 7. The molecule has 2 N–H and O–H groups in total. The number of rotatable bonds is 10. The molecule has 29 heavy (non-hydrogen) atoms. The highest BCUT2D eigenvalue weighted by molar-refractivity contribution is 7.98. The van der Waals surface area contributed by atoms with Crippen LogP contribution in [0.2, 0.25) is 0 Å². The molecule has 0 aliphatic heterocycles. The van der Waals surface area contributed by atoms with E-state index in [9.17, 15) is 24.5 Å². The van der Waals surface area contributed by atoms with Gasteiger partial charge in [0.05, 0.1) is 4.92 Å².